The number of rotatable bonds is 3. The number of piperidine rings is 1. The van der Waals surface area contributed by atoms with Crippen molar-refractivity contribution in [3.8, 4) is 5.75 Å². The molecule has 0 spiro atoms. The molecule has 0 radical (unpaired) electrons. The molecule has 1 aromatic carbocycles. The monoisotopic (exact) mass is 287 g/mol. The van der Waals surface area contributed by atoms with Crippen molar-refractivity contribution >= 4 is 5.95 Å². The van der Waals surface area contributed by atoms with Crippen LogP contribution in [0.25, 0.3) is 0 Å². The fraction of sp³-hybridized carbons (Fsp3) is 0.467. The summed E-state index contributed by atoms with van der Waals surface area (Å²) in [5.41, 5.74) is 7.12. The molecule has 0 aliphatic carbocycles. The minimum Gasteiger partial charge on any atom is -0.508 e. The van der Waals surface area contributed by atoms with Gasteiger partial charge in [-0.15, -0.1) is 5.10 Å². The highest BCUT2D eigenvalue weighted by molar-refractivity contribution is 5.33. The first-order chi connectivity index (χ1) is 10.1. The SMILES string of the molecule is CC1CCN(c2n[nH]c(Cc3cccc(O)c3)n2)CC1N. The van der Waals surface area contributed by atoms with Gasteiger partial charge in [-0.3, -0.25) is 5.10 Å². The highest BCUT2D eigenvalue weighted by Gasteiger charge is 2.25. The molecule has 0 amide bonds. The van der Waals surface area contributed by atoms with E-state index in [-0.39, 0.29) is 11.8 Å². The van der Waals surface area contributed by atoms with Crippen LogP contribution in [0.4, 0.5) is 5.95 Å². The maximum absolute atomic E-state index is 9.49. The van der Waals surface area contributed by atoms with Crippen LogP contribution in [-0.4, -0.2) is 39.4 Å². The van der Waals surface area contributed by atoms with Gasteiger partial charge in [-0.2, -0.15) is 4.98 Å². The number of aromatic amines is 1. The second-order valence-corrected chi connectivity index (χ2v) is 5.80. The van der Waals surface area contributed by atoms with E-state index in [0.29, 0.717) is 18.3 Å². The fourth-order valence-electron chi connectivity index (χ4n) is 2.65. The van der Waals surface area contributed by atoms with E-state index in [1.54, 1.807) is 12.1 Å². The topological polar surface area (TPSA) is 91.1 Å². The van der Waals surface area contributed by atoms with E-state index in [9.17, 15) is 5.11 Å². The number of anilines is 1. The number of phenolic OH excluding ortho intramolecular Hbond substituents is 1. The zero-order valence-corrected chi connectivity index (χ0v) is 12.2. The Bertz CT molecular complexity index is 612. The number of aromatic hydroxyl groups is 1. The van der Waals surface area contributed by atoms with E-state index in [0.717, 1.165) is 30.9 Å². The summed E-state index contributed by atoms with van der Waals surface area (Å²) in [6, 6.07) is 7.35. The summed E-state index contributed by atoms with van der Waals surface area (Å²) in [5.74, 6) is 2.32. The van der Waals surface area contributed by atoms with Gasteiger partial charge >= 0.3 is 0 Å². The molecule has 0 bridgehead atoms. The predicted molar refractivity (Wildman–Crippen MR) is 81.3 cm³/mol. The average molecular weight is 287 g/mol. The normalized spacial score (nSPS) is 22.5. The van der Waals surface area contributed by atoms with Gasteiger partial charge in [0.2, 0.25) is 5.95 Å². The van der Waals surface area contributed by atoms with Crippen molar-refractivity contribution in [3.63, 3.8) is 0 Å². The van der Waals surface area contributed by atoms with Gasteiger partial charge in [0.15, 0.2) is 0 Å². The first-order valence-corrected chi connectivity index (χ1v) is 7.31. The van der Waals surface area contributed by atoms with Gasteiger partial charge in [0.05, 0.1) is 0 Å². The molecule has 112 valence electrons. The molecule has 21 heavy (non-hydrogen) atoms. The van der Waals surface area contributed by atoms with E-state index < -0.39 is 0 Å². The first kappa shape index (κ1) is 13.9. The molecule has 4 N–H and O–H groups in total. The summed E-state index contributed by atoms with van der Waals surface area (Å²) in [6.07, 6.45) is 1.69. The van der Waals surface area contributed by atoms with Gasteiger partial charge in [0, 0.05) is 25.6 Å². The standard InChI is InChI=1S/C15H21N5O/c1-10-5-6-20(9-13(10)16)15-17-14(18-19-15)8-11-3-2-4-12(21)7-11/h2-4,7,10,13,21H,5-6,8-9,16H2,1H3,(H,17,18,19). The van der Waals surface area contributed by atoms with Crippen molar-refractivity contribution in [2.24, 2.45) is 11.7 Å². The van der Waals surface area contributed by atoms with E-state index in [1.165, 1.54) is 0 Å². The third kappa shape index (κ3) is 3.16. The summed E-state index contributed by atoms with van der Waals surface area (Å²) < 4.78 is 0. The molecular formula is C15H21N5O. The fourth-order valence-corrected chi connectivity index (χ4v) is 2.65. The van der Waals surface area contributed by atoms with E-state index in [1.807, 2.05) is 12.1 Å². The van der Waals surface area contributed by atoms with Crippen molar-refractivity contribution in [1.29, 1.82) is 0 Å². The quantitative estimate of drug-likeness (QED) is 0.791. The van der Waals surface area contributed by atoms with Crippen LogP contribution in [0, 0.1) is 5.92 Å². The van der Waals surface area contributed by atoms with Gasteiger partial charge in [0.1, 0.15) is 11.6 Å². The third-order valence-electron chi connectivity index (χ3n) is 4.10. The van der Waals surface area contributed by atoms with Crippen molar-refractivity contribution in [2.45, 2.75) is 25.8 Å². The number of aromatic nitrogens is 3. The van der Waals surface area contributed by atoms with Crippen molar-refractivity contribution in [3.05, 3.63) is 35.7 Å². The smallest absolute Gasteiger partial charge is 0.244 e. The minimum atomic E-state index is 0.173. The Morgan fingerprint density at radius 1 is 1.48 bits per heavy atom. The Kier molecular flexibility index (Phi) is 3.79. The van der Waals surface area contributed by atoms with E-state index in [2.05, 4.69) is 27.0 Å². The average Bonchev–Trinajstić information content (AvgIpc) is 2.90. The lowest BCUT2D eigenvalue weighted by molar-refractivity contribution is 0.376. The summed E-state index contributed by atoms with van der Waals surface area (Å²) in [7, 11) is 0. The molecule has 6 nitrogen and oxygen atoms in total. The molecule has 1 saturated heterocycles. The van der Waals surface area contributed by atoms with Crippen LogP contribution in [0.1, 0.15) is 24.7 Å². The lowest BCUT2D eigenvalue weighted by Crippen LogP contribution is -2.48. The Morgan fingerprint density at radius 3 is 3.10 bits per heavy atom. The van der Waals surface area contributed by atoms with E-state index >= 15 is 0 Å². The summed E-state index contributed by atoms with van der Waals surface area (Å²) in [4.78, 5) is 6.67. The van der Waals surface area contributed by atoms with E-state index in [4.69, 9.17) is 5.73 Å². The maximum Gasteiger partial charge on any atom is 0.244 e. The largest absolute Gasteiger partial charge is 0.508 e. The van der Waals surface area contributed by atoms with Gasteiger partial charge in [0.25, 0.3) is 0 Å². The van der Waals surface area contributed by atoms with Crippen LogP contribution in [-0.2, 0) is 6.42 Å². The minimum absolute atomic E-state index is 0.173. The zero-order valence-electron chi connectivity index (χ0n) is 12.2. The van der Waals surface area contributed by atoms with Gasteiger partial charge in [-0.05, 0) is 30.0 Å². The van der Waals surface area contributed by atoms with Gasteiger partial charge < -0.3 is 15.7 Å². The Balaban J connectivity index is 1.69. The number of hydrogen-bond donors (Lipinski definition) is 3. The number of phenols is 1. The number of nitrogens with one attached hydrogen (secondary N) is 1. The summed E-state index contributed by atoms with van der Waals surface area (Å²) in [5, 5.41) is 16.7. The molecule has 1 aliphatic heterocycles. The first-order valence-electron chi connectivity index (χ1n) is 7.31. The van der Waals surface area contributed by atoms with Crippen LogP contribution in [0.15, 0.2) is 24.3 Å². The molecule has 1 aliphatic rings. The molecule has 2 aromatic rings. The highest BCUT2D eigenvalue weighted by atomic mass is 16.3. The van der Waals surface area contributed by atoms with Crippen molar-refractivity contribution in [2.75, 3.05) is 18.0 Å². The second kappa shape index (κ2) is 5.73. The number of nitrogens with two attached hydrogens (primary N) is 1. The number of benzene rings is 1. The van der Waals surface area contributed by atoms with Crippen molar-refractivity contribution < 1.29 is 5.11 Å². The Hall–Kier alpha value is -2.08. The van der Waals surface area contributed by atoms with Crippen LogP contribution >= 0.6 is 0 Å². The lowest BCUT2D eigenvalue weighted by Gasteiger charge is -2.34. The number of H-pyrrole nitrogens is 1. The van der Waals surface area contributed by atoms with Crippen LogP contribution in [0.2, 0.25) is 0 Å². The highest BCUT2D eigenvalue weighted by Crippen LogP contribution is 2.20. The van der Waals surface area contributed by atoms with Crippen LogP contribution in [0.3, 0.4) is 0 Å². The Labute approximate surface area is 124 Å². The Morgan fingerprint density at radius 2 is 2.33 bits per heavy atom. The molecule has 3 rings (SSSR count). The zero-order chi connectivity index (χ0) is 14.8. The number of hydrogen-bond acceptors (Lipinski definition) is 5. The molecule has 1 fully saturated rings. The van der Waals surface area contributed by atoms with Crippen molar-refractivity contribution in [1.82, 2.24) is 15.2 Å². The molecule has 1 aromatic heterocycles. The second-order valence-electron chi connectivity index (χ2n) is 5.80. The molecule has 2 heterocycles. The summed E-state index contributed by atoms with van der Waals surface area (Å²) in [6.45, 7) is 3.93. The molecular weight excluding hydrogens is 266 g/mol. The molecule has 2 unspecified atom stereocenters. The molecule has 6 heteroatoms. The molecule has 0 saturated carbocycles. The predicted octanol–water partition coefficient (Wildman–Crippen LogP) is 1.27. The van der Waals surface area contributed by atoms with Gasteiger partial charge in [-0.25, -0.2) is 0 Å². The molecule has 2 atom stereocenters. The maximum atomic E-state index is 9.49. The number of nitrogens with zero attached hydrogens (tertiary/aromatic N) is 3. The lowest BCUT2D eigenvalue weighted by atomic mass is 9.95. The summed E-state index contributed by atoms with van der Waals surface area (Å²) >= 11 is 0. The van der Waals surface area contributed by atoms with Crippen LogP contribution < -0.4 is 10.6 Å². The third-order valence-corrected chi connectivity index (χ3v) is 4.10. The van der Waals surface area contributed by atoms with Crippen LogP contribution in [0.5, 0.6) is 5.75 Å². The van der Waals surface area contributed by atoms with Gasteiger partial charge in [-0.1, -0.05) is 19.1 Å².